The standard InChI is InChI=1S/C19H27ClN2O2/c20-16-8-6-15(7-9-16)14-22-12-10-19(21,11-13-22)18(23)24-17-4-2-1-3-5-17/h6-9,17H,1-5,10-14,21H2. The topological polar surface area (TPSA) is 55.6 Å². The number of piperidine rings is 1. The molecule has 1 aliphatic heterocycles. The monoisotopic (exact) mass is 350 g/mol. The lowest BCUT2D eigenvalue weighted by Crippen LogP contribution is -2.56. The Labute approximate surface area is 149 Å². The molecule has 1 saturated carbocycles. The van der Waals surface area contributed by atoms with Crippen LogP contribution >= 0.6 is 11.6 Å². The lowest BCUT2D eigenvalue weighted by molar-refractivity contribution is -0.159. The van der Waals surface area contributed by atoms with Crippen molar-refractivity contribution >= 4 is 17.6 Å². The summed E-state index contributed by atoms with van der Waals surface area (Å²) in [6, 6.07) is 7.92. The third-order valence-corrected chi connectivity index (χ3v) is 5.55. The molecule has 0 atom stereocenters. The number of hydrogen-bond acceptors (Lipinski definition) is 4. The van der Waals surface area contributed by atoms with E-state index >= 15 is 0 Å². The van der Waals surface area contributed by atoms with E-state index in [2.05, 4.69) is 4.90 Å². The predicted octanol–water partition coefficient (Wildman–Crippen LogP) is 3.51. The zero-order chi connectivity index (χ0) is 17.0. The van der Waals surface area contributed by atoms with Crippen LogP contribution < -0.4 is 5.73 Å². The van der Waals surface area contributed by atoms with Gasteiger partial charge < -0.3 is 10.5 Å². The molecule has 1 heterocycles. The van der Waals surface area contributed by atoms with Crippen molar-refractivity contribution in [1.29, 1.82) is 0 Å². The summed E-state index contributed by atoms with van der Waals surface area (Å²) < 4.78 is 5.70. The van der Waals surface area contributed by atoms with Gasteiger partial charge in [-0.2, -0.15) is 0 Å². The molecule has 0 bridgehead atoms. The van der Waals surface area contributed by atoms with Gasteiger partial charge in [-0.05, 0) is 56.2 Å². The average Bonchev–Trinajstić information content (AvgIpc) is 2.60. The lowest BCUT2D eigenvalue weighted by atomic mass is 9.88. The molecular formula is C19H27ClN2O2. The van der Waals surface area contributed by atoms with Crippen molar-refractivity contribution < 1.29 is 9.53 Å². The molecule has 0 amide bonds. The van der Waals surface area contributed by atoms with E-state index < -0.39 is 5.54 Å². The Morgan fingerprint density at radius 2 is 1.79 bits per heavy atom. The molecule has 2 aliphatic rings. The van der Waals surface area contributed by atoms with E-state index in [0.29, 0.717) is 12.8 Å². The van der Waals surface area contributed by atoms with Crippen LogP contribution in [0.1, 0.15) is 50.5 Å². The number of benzene rings is 1. The zero-order valence-electron chi connectivity index (χ0n) is 14.2. The van der Waals surface area contributed by atoms with Crippen LogP contribution in [0.25, 0.3) is 0 Å². The molecule has 0 aromatic heterocycles. The van der Waals surface area contributed by atoms with Crippen molar-refractivity contribution in [3.63, 3.8) is 0 Å². The highest BCUT2D eigenvalue weighted by atomic mass is 35.5. The molecule has 1 saturated heterocycles. The number of rotatable bonds is 4. The molecule has 0 radical (unpaired) electrons. The van der Waals surface area contributed by atoms with Gasteiger partial charge in [-0.3, -0.25) is 9.69 Å². The van der Waals surface area contributed by atoms with Crippen LogP contribution in [0.15, 0.2) is 24.3 Å². The van der Waals surface area contributed by atoms with Crippen molar-refractivity contribution in [2.75, 3.05) is 13.1 Å². The van der Waals surface area contributed by atoms with E-state index in [1.54, 1.807) is 0 Å². The number of esters is 1. The number of hydrogen-bond donors (Lipinski definition) is 1. The number of carbonyl (C=O) groups excluding carboxylic acids is 1. The average molecular weight is 351 g/mol. The maximum atomic E-state index is 12.5. The van der Waals surface area contributed by atoms with E-state index in [1.807, 2.05) is 24.3 Å². The summed E-state index contributed by atoms with van der Waals surface area (Å²) in [7, 11) is 0. The largest absolute Gasteiger partial charge is 0.461 e. The number of carbonyl (C=O) groups is 1. The van der Waals surface area contributed by atoms with Gasteiger partial charge in [0.25, 0.3) is 0 Å². The first-order valence-electron chi connectivity index (χ1n) is 9.02. The van der Waals surface area contributed by atoms with Crippen molar-refractivity contribution in [3.05, 3.63) is 34.9 Å². The Morgan fingerprint density at radius 1 is 1.17 bits per heavy atom. The summed E-state index contributed by atoms with van der Waals surface area (Å²) in [6.07, 6.45) is 6.95. The minimum absolute atomic E-state index is 0.0822. The van der Waals surface area contributed by atoms with Gasteiger partial charge in [0.1, 0.15) is 11.6 Å². The summed E-state index contributed by atoms with van der Waals surface area (Å²) in [5.41, 5.74) is 6.80. The smallest absolute Gasteiger partial charge is 0.326 e. The van der Waals surface area contributed by atoms with Crippen molar-refractivity contribution in [2.45, 2.75) is 63.1 Å². The quantitative estimate of drug-likeness (QED) is 0.844. The highest BCUT2D eigenvalue weighted by Crippen LogP contribution is 2.26. The second-order valence-corrected chi connectivity index (χ2v) is 7.66. The second-order valence-electron chi connectivity index (χ2n) is 7.22. The molecule has 4 nitrogen and oxygen atoms in total. The Morgan fingerprint density at radius 3 is 2.42 bits per heavy atom. The van der Waals surface area contributed by atoms with Crippen LogP contribution in [0.5, 0.6) is 0 Å². The summed E-state index contributed by atoms with van der Waals surface area (Å²) in [6.45, 7) is 2.50. The minimum atomic E-state index is -0.812. The second kappa shape index (κ2) is 7.85. The van der Waals surface area contributed by atoms with Crippen LogP contribution in [0.2, 0.25) is 5.02 Å². The fraction of sp³-hybridized carbons (Fsp3) is 0.632. The van der Waals surface area contributed by atoms with Crippen LogP contribution in [-0.2, 0) is 16.1 Å². The number of likely N-dealkylation sites (tertiary alicyclic amines) is 1. The van der Waals surface area contributed by atoms with Gasteiger partial charge in [0, 0.05) is 24.7 Å². The summed E-state index contributed by atoms with van der Waals surface area (Å²) in [5.74, 6) is -0.194. The van der Waals surface area contributed by atoms with E-state index in [4.69, 9.17) is 22.1 Å². The summed E-state index contributed by atoms with van der Waals surface area (Å²) in [5, 5.41) is 0.754. The van der Waals surface area contributed by atoms with Crippen molar-refractivity contribution in [2.24, 2.45) is 5.73 Å². The SMILES string of the molecule is NC1(C(=O)OC2CCCCC2)CCN(Cc2ccc(Cl)cc2)CC1. The zero-order valence-corrected chi connectivity index (χ0v) is 14.9. The summed E-state index contributed by atoms with van der Waals surface area (Å²) >= 11 is 5.93. The van der Waals surface area contributed by atoms with Gasteiger partial charge in [0.15, 0.2) is 0 Å². The van der Waals surface area contributed by atoms with Gasteiger partial charge in [-0.25, -0.2) is 0 Å². The van der Waals surface area contributed by atoms with E-state index in [0.717, 1.165) is 50.3 Å². The fourth-order valence-corrected chi connectivity index (χ4v) is 3.74. The van der Waals surface area contributed by atoms with Crippen LogP contribution in [0.4, 0.5) is 0 Å². The fourth-order valence-electron chi connectivity index (χ4n) is 3.61. The van der Waals surface area contributed by atoms with Gasteiger partial charge >= 0.3 is 5.97 Å². The molecule has 0 unspecified atom stereocenters. The molecule has 1 aliphatic carbocycles. The Kier molecular flexibility index (Phi) is 5.80. The maximum Gasteiger partial charge on any atom is 0.326 e. The normalized spacial score (nSPS) is 22.2. The minimum Gasteiger partial charge on any atom is -0.461 e. The third kappa shape index (κ3) is 4.50. The van der Waals surface area contributed by atoms with Crippen LogP contribution in [-0.4, -0.2) is 35.6 Å². The van der Waals surface area contributed by atoms with Crippen LogP contribution in [0, 0.1) is 0 Å². The van der Waals surface area contributed by atoms with Crippen molar-refractivity contribution in [1.82, 2.24) is 4.90 Å². The molecule has 24 heavy (non-hydrogen) atoms. The molecule has 132 valence electrons. The first-order chi connectivity index (χ1) is 11.5. The molecular weight excluding hydrogens is 324 g/mol. The molecule has 1 aromatic carbocycles. The van der Waals surface area contributed by atoms with Gasteiger partial charge in [0.05, 0.1) is 0 Å². The van der Waals surface area contributed by atoms with E-state index in [-0.39, 0.29) is 12.1 Å². The molecule has 2 fully saturated rings. The number of nitrogens with zero attached hydrogens (tertiary/aromatic N) is 1. The molecule has 0 spiro atoms. The number of ether oxygens (including phenoxy) is 1. The maximum absolute atomic E-state index is 12.5. The van der Waals surface area contributed by atoms with Gasteiger partial charge in [-0.15, -0.1) is 0 Å². The molecule has 1 aromatic rings. The Balaban J connectivity index is 1.49. The molecule has 3 rings (SSSR count). The third-order valence-electron chi connectivity index (χ3n) is 5.30. The van der Waals surface area contributed by atoms with E-state index in [1.165, 1.54) is 12.0 Å². The number of halogens is 1. The Hall–Kier alpha value is -1.10. The number of nitrogens with two attached hydrogens (primary N) is 1. The first kappa shape index (κ1) is 17.7. The highest BCUT2D eigenvalue weighted by molar-refractivity contribution is 6.30. The first-order valence-corrected chi connectivity index (χ1v) is 9.40. The van der Waals surface area contributed by atoms with Gasteiger partial charge in [-0.1, -0.05) is 30.2 Å². The predicted molar refractivity (Wildman–Crippen MR) is 95.8 cm³/mol. The molecule has 2 N–H and O–H groups in total. The van der Waals surface area contributed by atoms with Crippen molar-refractivity contribution in [3.8, 4) is 0 Å². The molecule has 5 heteroatoms. The lowest BCUT2D eigenvalue weighted by Gasteiger charge is -2.38. The summed E-state index contributed by atoms with van der Waals surface area (Å²) in [4.78, 5) is 14.8. The van der Waals surface area contributed by atoms with E-state index in [9.17, 15) is 4.79 Å². The van der Waals surface area contributed by atoms with Crippen LogP contribution in [0.3, 0.4) is 0 Å². The Bertz CT molecular complexity index is 547. The van der Waals surface area contributed by atoms with Gasteiger partial charge in [0.2, 0.25) is 0 Å². The highest BCUT2D eigenvalue weighted by Gasteiger charge is 2.40.